The Balaban J connectivity index is 1.98. The van der Waals surface area contributed by atoms with Gasteiger partial charge in [0, 0.05) is 22.1 Å². The third kappa shape index (κ3) is 5.23. The summed E-state index contributed by atoms with van der Waals surface area (Å²) in [6.45, 7) is 3.93. The fourth-order valence-corrected chi connectivity index (χ4v) is 3.88. The fraction of sp³-hybridized carbons (Fsp3) is 0.200. The number of carbonyl (C=O) groups excluding carboxylic acids is 1. The molecule has 1 amide bonds. The molecule has 2 aromatic carbocycles. The number of halogens is 1. The van der Waals surface area contributed by atoms with Gasteiger partial charge >= 0.3 is 0 Å². The van der Waals surface area contributed by atoms with Gasteiger partial charge in [-0.1, -0.05) is 29.8 Å². The molecular formula is C20H21ClN4O3S. The molecule has 1 aromatic heterocycles. The van der Waals surface area contributed by atoms with Crippen molar-refractivity contribution in [2.45, 2.75) is 31.2 Å². The Hall–Kier alpha value is -2.68. The number of fused-ring (bicyclic) bond motifs is 1. The maximum absolute atomic E-state index is 12.5. The first-order chi connectivity index (χ1) is 13.6. The summed E-state index contributed by atoms with van der Waals surface area (Å²) in [6.07, 6.45) is 0.0464. The summed E-state index contributed by atoms with van der Waals surface area (Å²) < 4.78 is 24.2. The number of hydrogen-bond donors (Lipinski definition) is 3. The molecule has 3 aromatic rings. The molecule has 4 N–H and O–H groups in total. The van der Waals surface area contributed by atoms with Crippen LogP contribution in [0.25, 0.3) is 10.9 Å². The monoisotopic (exact) mass is 432 g/mol. The fourth-order valence-electron chi connectivity index (χ4n) is 2.90. The molecule has 0 saturated heterocycles. The topological polar surface area (TPSA) is 114 Å². The van der Waals surface area contributed by atoms with Crippen LogP contribution in [0.5, 0.6) is 0 Å². The van der Waals surface area contributed by atoms with E-state index in [9.17, 15) is 13.2 Å². The first kappa shape index (κ1) is 21.0. The zero-order valence-corrected chi connectivity index (χ0v) is 17.5. The van der Waals surface area contributed by atoms with E-state index in [0.29, 0.717) is 27.3 Å². The molecule has 152 valence electrons. The summed E-state index contributed by atoms with van der Waals surface area (Å²) in [5.74, 6) is 0.252. The molecule has 3 rings (SSSR count). The first-order valence-corrected chi connectivity index (χ1v) is 10.8. The third-order valence-electron chi connectivity index (χ3n) is 4.10. The Labute approximate surface area is 174 Å². The minimum absolute atomic E-state index is 0.0464. The number of primary sulfonamides is 1. The van der Waals surface area contributed by atoms with Gasteiger partial charge in [0.25, 0.3) is 0 Å². The van der Waals surface area contributed by atoms with Crippen LogP contribution in [0.3, 0.4) is 0 Å². The van der Waals surface area contributed by atoms with Crippen LogP contribution in [-0.4, -0.2) is 25.4 Å². The Morgan fingerprint density at radius 2 is 1.90 bits per heavy atom. The predicted octanol–water partition coefficient (Wildman–Crippen LogP) is 3.54. The normalized spacial score (nSPS) is 11.6. The Morgan fingerprint density at radius 3 is 2.55 bits per heavy atom. The second-order valence-electron chi connectivity index (χ2n) is 6.90. The Bertz CT molecular complexity index is 1180. The molecule has 0 bridgehead atoms. The molecule has 0 spiro atoms. The van der Waals surface area contributed by atoms with Crippen molar-refractivity contribution >= 4 is 49.9 Å². The van der Waals surface area contributed by atoms with Gasteiger partial charge in [-0.15, -0.1) is 0 Å². The molecule has 0 unspecified atom stereocenters. The van der Waals surface area contributed by atoms with Gasteiger partial charge in [0.1, 0.15) is 5.82 Å². The lowest BCUT2D eigenvalue weighted by molar-refractivity contribution is -0.115. The number of nitrogens with zero attached hydrogens (tertiary/aromatic N) is 1. The zero-order valence-electron chi connectivity index (χ0n) is 15.9. The highest BCUT2D eigenvalue weighted by Gasteiger charge is 2.17. The van der Waals surface area contributed by atoms with Crippen LogP contribution in [0, 0.1) is 0 Å². The molecular weight excluding hydrogens is 412 g/mol. The number of rotatable bonds is 6. The second-order valence-corrected chi connectivity index (χ2v) is 8.84. The van der Waals surface area contributed by atoms with Crippen LogP contribution >= 0.6 is 11.6 Å². The van der Waals surface area contributed by atoms with Gasteiger partial charge < -0.3 is 10.6 Å². The highest BCUT2D eigenvalue weighted by molar-refractivity contribution is 7.89. The number of pyridine rings is 1. The van der Waals surface area contributed by atoms with Crippen LogP contribution in [0.4, 0.5) is 11.5 Å². The smallest absolute Gasteiger partial charge is 0.238 e. The minimum atomic E-state index is -4.02. The molecule has 0 aliphatic heterocycles. The van der Waals surface area contributed by atoms with E-state index in [0.717, 1.165) is 0 Å². The standard InChI is InChI=1S/C20H21ClN4O3S/c1-12(2)23-19-8-7-15-17(25-19)10-14(11-18(15)29(22,27)28)24-20(26)9-13-5-3-4-6-16(13)21/h3-8,10-12H,9H2,1-2H3,(H,23,25)(H,24,26)(H2,22,27,28). The SMILES string of the molecule is CC(C)Nc1ccc2c(S(N)(=O)=O)cc(NC(=O)Cc3ccccc3Cl)cc2n1. The summed E-state index contributed by atoms with van der Waals surface area (Å²) in [5.41, 5.74) is 1.35. The van der Waals surface area contributed by atoms with Gasteiger partial charge in [-0.05, 0) is 49.7 Å². The van der Waals surface area contributed by atoms with Crippen molar-refractivity contribution in [1.29, 1.82) is 0 Å². The van der Waals surface area contributed by atoms with E-state index in [1.54, 1.807) is 42.5 Å². The number of amides is 1. The molecule has 0 saturated carbocycles. The van der Waals surface area contributed by atoms with Gasteiger partial charge in [-0.2, -0.15) is 0 Å². The molecule has 0 radical (unpaired) electrons. The van der Waals surface area contributed by atoms with E-state index >= 15 is 0 Å². The summed E-state index contributed by atoms with van der Waals surface area (Å²) >= 11 is 6.10. The largest absolute Gasteiger partial charge is 0.368 e. The van der Waals surface area contributed by atoms with Crippen LogP contribution in [0.1, 0.15) is 19.4 Å². The summed E-state index contributed by atoms with van der Waals surface area (Å²) in [5, 5.41) is 12.1. The molecule has 9 heteroatoms. The van der Waals surface area contributed by atoms with Crippen molar-refractivity contribution in [3.8, 4) is 0 Å². The van der Waals surface area contributed by atoms with Crippen LogP contribution in [0.15, 0.2) is 53.4 Å². The molecule has 7 nitrogen and oxygen atoms in total. The van der Waals surface area contributed by atoms with E-state index in [2.05, 4.69) is 15.6 Å². The number of aromatic nitrogens is 1. The molecule has 0 aliphatic rings. The van der Waals surface area contributed by atoms with E-state index < -0.39 is 10.0 Å². The van der Waals surface area contributed by atoms with Crippen molar-refractivity contribution in [1.82, 2.24) is 4.98 Å². The van der Waals surface area contributed by atoms with E-state index in [-0.39, 0.29) is 29.0 Å². The van der Waals surface area contributed by atoms with Crippen molar-refractivity contribution in [2.75, 3.05) is 10.6 Å². The van der Waals surface area contributed by atoms with E-state index in [1.165, 1.54) is 6.07 Å². The highest BCUT2D eigenvalue weighted by Crippen LogP contribution is 2.27. The number of carbonyl (C=O) groups is 1. The van der Waals surface area contributed by atoms with Crippen molar-refractivity contribution in [3.05, 3.63) is 59.1 Å². The molecule has 29 heavy (non-hydrogen) atoms. The summed E-state index contributed by atoms with van der Waals surface area (Å²) in [6, 6.07) is 13.4. The predicted molar refractivity (Wildman–Crippen MR) is 116 cm³/mol. The average molecular weight is 433 g/mol. The maximum Gasteiger partial charge on any atom is 0.238 e. The van der Waals surface area contributed by atoms with Gasteiger partial charge in [0.2, 0.25) is 15.9 Å². The number of nitrogens with two attached hydrogens (primary N) is 1. The van der Waals surface area contributed by atoms with Crippen LogP contribution < -0.4 is 15.8 Å². The quantitative estimate of drug-likeness (QED) is 0.551. The number of anilines is 2. The van der Waals surface area contributed by atoms with Crippen LogP contribution in [-0.2, 0) is 21.2 Å². The van der Waals surface area contributed by atoms with E-state index in [4.69, 9.17) is 16.7 Å². The van der Waals surface area contributed by atoms with Gasteiger partial charge in [0.05, 0.1) is 16.8 Å². The average Bonchev–Trinajstić information content (AvgIpc) is 2.61. The van der Waals surface area contributed by atoms with Crippen molar-refractivity contribution in [3.63, 3.8) is 0 Å². The number of benzene rings is 2. The first-order valence-electron chi connectivity index (χ1n) is 8.91. The number of nitrogens with one attached hydrogen (secondary N) is 2. The Morgan fingerprint density at radius 1 is 1.17 bits per heavy atom. The number of sulfonamides is 1. The van der Waals surface area contributed by atoms with Gasteiger partial charge in [-0.25, -0.2) is 18.5 Å². The molecule has 0 atom stereocenters. The van der Waals surface area contributed by atoms with Gasteiger partial charge in [-0.3, -0.25) is 4.79 Å². The second kappa shape index (κ2) is 8.36. The molecule has 0 fully saturated rings. The summed E-state index contributed by atoms with van der Waals surface area (Å²) in [7, 11) is -4.02. The molecule has 0 aliphatic carbocycles. The van der Waals surface area contributed by atoms with E-state index in [1.807, 2.05) is 13.8 Å². The molecule has 1 heterocycles. The third-order valence-corrected chi connectivity index (χ3v) is 5.42. The minimum Gasteiger partial charge on any atom is -0.368 e. The maximum atomic E-state index is 12.5. The summed E-state index contributed by atoms with van der Waals surface area (Å²) in [4.78, 5) is 16.8. The van der Waals surface area contributed by atoms with Gasteiger partial charge in [0.15, 0.2) is 0 Å². The lowest BCUT2D eigenvalue weighted by Crippen LogP contribution is -2.17. The lowest BCUT2D eigenvalue weighted by atomic mass is 10.1. The highest BCUT2D eigenvalue weighted by atomic mass is 35.5. The lowest BCUT2D eigenvalue weighted by Gasteiger charge is -2.13. The Kier molecular flexibility index (Phi) is 6.07. The van der Waals surface area contributed by atoms with Crippen molar-refractivity contribution < 1.29 is 13.2 Å². The van der Waals surface area contributed by atoms with Crippen LogP contribution in [0.2, 0.25) is 5.02 Å². The zero-order chi connectivity index (χ0) is 21.2. The number of hydrogen-bond acceptors (Lipinski definition) is 5. The van der Waals surface area contributed by atoms with Crippen molar-refractivity contribution in [2.24, 2.45) is 5.14 Å².